The lowest BCUT2D eigenvalue weighted by Gasteiger charge is -2.37. The number of piperazine rings is 1. The van der Waals surface area contributed by atoms with E-state index >= 15 is 0 Å². The Labute approximate surface area is 303 Å². The van der Waals surface area contributed by atoms with E-state index in [0.29, 0.717) is 72.6 Å². The van der Waals surface area contributed by atoms with Crippen molar-refractivity contribution in [2.45, 2.75) is 58.6 Å². The number of nitrogens with zero attached hydrogens (tertiary/aromatic N) is 5. The first-order chi connectivity index (χ1) is 23.9. The lowest BCUT2D eigenvalue weighted by atomic mass is 9.96. The number of aliphatic hydroxyl groups excluding tert-OH is 1. The molecule has 268 valence electrons. The molecule has 2 aromatic heterocycles. The van der Waals surface area contributed by atoms with E-state index in [9.17, 15) is 14.7 Å². The monoisotopic (exact) mass is 724 g/mol. The minimum Gasteiger partial charge on any atom is -0.444 e. The number of pyridine rings is 2. The molecule has 1 saturated carbocycles. The van der Waals surface area contributed by atoms with Crippen molar-refractivity contribution in [3.8, 4) is 22.9 Å². The molecule has 2 N–H and O–H groups in total. The van der Waals surface area contributed by atoms with Gasteiger partial charge in [0.1, 0.15) is 17.2 Å². The molecule has 2 amide bonds. The van der Waals surface area contributed by atoms with E-state index in [0.717, 1.165) is 55.7 Å². The molecule has 4 heterocycles. The number of ether oxygens (including phenoxy) is 2. The molecule has 50 heavy (non-hydrogen) atoms. The van der Waals surface area contributed by atoms with Crippen molar-refractivity contribution in [1.82, 2.24) is 25.1 Å². The van der Waals surface area contributed by atoms with Crippen LogP contribution in [0.5, 0.6) is 11.6 Å². The van der Waals surface area contributed by atoms with Crippen LogP contribution in [0.1, 0.15) is 52.0 Å². The van der Waals surface area contributed by atoms with Crippen LogP contribution in [0.3, 0.4) is 0 Å². The zero-order valence-electron chi connectivity index (χ0n) is 29.0. The van der Waals surface area contributed by atoms with E-state index in [1.54, 1.807) is 12.3 Å². The summed E-state index contributed by atoms with van der Waals surface area (Å²) in [4.78, 5) is 40.9. The zero-order chi connectivity index (χ0) is 35.5. The molecule has 2 saturated heterocycles. The van der Waals surface area contributed by atoms with Crippen molar-refractivity contribution in [2.24, 2.45) is 11.3 Å². The molecule has 0 atom stereocenters. The van der Waals surface area contributed by atoms with Crippen molar-refractivity contribution in [3.63, 3.8) is 0 Å². The Hall–Kier alpha value is -3.64. The number of piperidine rings is 1. The van der Waals surface area contributed by atoms with E-state index in [1.165, 1.54) is 0 Å². The largest absolute Gasteiger partial charge is 0.444 e. The van der Waals surface area contributed by atoms with E-state index in [2.05, 4.69) is 20.1 Å². The number of hydrogen-bond acceptors (Lipinski definition) is 9. The third-order valence-electron chi connectivity index (χ3n) is 9.51. The quantitative estimate of drug-likeness (QED) is 0.245. The van der Waals surface area contributed by atoms with Crippen molar-refractivity contribution in [3.05, 3.63) is 64.3 Å². The smallest absolute Gasteiger partial charge is 0.407 e. The van der Waals surface area contributed by atoms with E-state index in [4.69, 9.17) is 37.7 Å². The van der Waals surface area contributed by atoms with Crippen LogP contribution in [0.25, 0.3) is 11.3 Å². The molecule has 0 unspecified atom stereocenters. The Morgan fingerprint density at radius 2 is 1.68 bits per heavy atom. The Morgan fingerprint density at radius 1 is 0.980 bits per heavy atom. The second-order valence-electron chi connectivity index (χ2n) is 14.6. The summed E-state index contributed by atoms with van der Waals surface area (Å²) >= 11 is 12.7. The molecule has 2 aliphatic heterocycles. The van der Waals surface area contributed by atoms with Crippen LogP contribution in [0, 0.1) is 11.3 Å². The number of likely N-dealkylation sites (tertiary alicyclic amines) is 1. The van der Waals surface area contributed by atoms with Gasteiger partial charge in [-0.2, -0.15) is 0 Å². The zero-order valence-corrected chi connectivity index (χ0v) is 30.5. The molecule has 3 aliphatic rings. The SMILES string of the molecule is CC(C)(C)OC(=O)NCC1CCN(Cc2cc(Oc3ccc(N4CCN(C(=O)C5(CO)CC5)CC4)nc3)nc(-c3cc(Cl)cc(Cl)c3)c2)CC1. The standard InChI is InChI=1S/C37H46Cl2N6O5/c1-36(2,3)50-35(48)41-21-25-6-10-43(11-7-25)23-26-16-31(27-18-28(38)20-29(39)19-27)42-33(17-26)49-30-4-5-32(40-22-30)44-12-14-45(15-13-44)34(47)37(24-46)8-9-37/h4-5,16-20,22,25,46H,6-15,21,23-24H2,1-3H3,(H,41,48). The first-order valence-corrected chi connectivity index (χ1v) is 18.1. The van der Waals surface area contributed by atoms with Gasteiger partial charge in [-0.25, -0.2) is 14.8 Å². The van der Waals surface area contributed by atoms with Gasteiger partial charge in [0, 0.05) is 60.9 Å². The fraction of sp³-hybridized carbons (Fsp3) is 0.514. The third-order valence-corrected chi connectivity index (χ3v) is 9.95. The second kappa shape index (κ2) is 15.3. The summed E-state index contributed by atoms with van der Waals surface area (Å²) in [6, 6.07) is 13.2. The van der Waals surface area contributed by atoms with Crippen LogP contribution < -0.4 is 15.0 Å². The minimum atomic E-state index is -0.539. The first-order valence-electron chi connectivity index (χ1n) is 17.3. The number of carbonyl (C=O) groups is 2. The number of hydrogen-bond donors (Lipinski definition) is 2. The maximum atomic E-state index is 12.8. The predicted octanol–water partition coefficient (Wildman–Crippen LogP) is 6.40. The maximum absolute atomic E-state index is 12.8. The Kier molecular flexibility index (Phi) is 11.1. The molecule has 6 rings (SSSR count). The summed E-state index contributed by atoms with van der Waals surface area (Å²) < 4.78 is 11.7. The Morgan fingerprint density at radius 3 is 2.28 bits per heavy atom. The Bertz CT molecular complexity index is 1640. The molecule has 11 nitrogen and oxygen atoms in total. The average Bonchev–Trinajstić information content (AvgIpc) is 3.88. The van der Waals surface area contributed by atoms with Gasteiger partial charge < -0.3 is 29.7 Å². The number of aromatic nitrogens is 2. The topological polar surface area (TPSA) is 120 Å². The highest BCUT2D eigenvalue weighted by molar-refractivity contribution is 6.35. The molecule has 3 aromatic rings. The normalized spacial score (nSPS) is 18.1. The number of carbonyl (C=O) groups excluding carboxylic acids is 2. The number of anilines is 1. The molecule has 1 aliphatic carbocycles. The third kappa shape index (κ3) is 9.37. The van der Waals surface area contributed by atoms with Gasteiger partial charge in [-0.15, -0.1) is 0 Å². The van der Waals surface area contributed by atoms with Crippen LogP contribution in [0.4, 0.5) is 10.6 Å². The Balaban J connectivity index is 1.09. The lowest BCUT2D eigenvalue weighted by Crippen LogP contribution is -2.51. The summed E-state index contributed by atoms with van der Waals surface area (Å²) in [5.74, 6) is 2.27. The first kappa shape index (κ1) is 36.2. The van der Waals surface area contributed by atoms with Gasteiger partial charge in [-0.3, -0.25) is 9.69 Å². The van der Waals surface area contributed by atoms with Crippen LogP contribution in [0.15, 0.2) is 48.7 Å². The molecular weight excluding hydrogens is 679 g/mol. The molecule has 0 radical (unpaired) electrons. The van der Waals surface area contributed by atoms with Crippen molar-refractivity contribution >= 4 is 41.0 Å². The molecule has 1 aromatic carbocycles. The van der Waals surface area contributed by atoms with Crippen LogP contribution in [-0.4, -0.2) is 94.9 Å². The van der Waals surface area contributed by atoms with Crippen molar-refractivity contribution in [2.75, 3.05) is 57.3 Å². The summed E-state index contributed by atoms with van der Waals surface area (Å²) in [7, 11) is 0. The number of rotatable bonds is 10. The highest BCUT2D eigenvalue weighted by Gasteiger charge is 2.51. The summed E-state index contributed by atoms with van der Waals surface area (Å²) in [5.41, 5.74) is 1.47. The van der Waals surface area contributed by atoms with Crippen LogP contribution >= 0.6 is 23.2 Å². The van der Waals surface area contributed by atoms with Crippen molar-refractivity contribution < 1.29 is 24.2 Å². The molecule has 0 spiro atoms. The highest BCUT2D eigenvalue weighted by Crippen LogP contribution is 2.46. The molecule has 13 heteroatoms. The summed E-state index contributed by atoms with van der Waals surface area (Å²) in [6.45, 7) is 11.2. The molecule has 3 fully saturated rings. The van der Waals surface area contributed by atoms with Gasteiger partial charge >= 0.3 is 6.09 Å². The number of aliphatic hydroxyl groups is 1. The van der Waals surface area contributed by atoms with Gasteiger partial charge in [0.05, 0.1) is 23.9 Å². The molecular formula is C37H46Cl2N6O5. The van der Waals surface area contributed by atoms with E-state index < -0.39 is 11.0 Å². The van der Waals surface area contributed by atoms with Gasteiger partial charge in [-0.1, -0.05) is 23.2 Å². The fourth-order valence-electron chi connectivity index (χ4n) is 6.51. The summed E-state index contributed by atoms with van der Waals surface area (Å²) in [6.07, 6.45) is 4.79. The second-order valence-corrected chi connectivity index (χ2v) is 15.5. The van der Waals surface area contributed by atoms with Gasteiger partial charge in [0.25, 0.3) is 0 Å². The predicted molar refractivity (Wildman–Crippen MR) is 194 cm³/mol. The van der Waals surface area contributed by atoms with Crippen molar-refractivity contribution in [1.29, 1.82) is 0 Å². The van der Waals surface area contributed by atoms with Crippen LogP contribution in [0.2, 0.25) is 10.0 Å². The number of alkyl carbamates (subject to hydrolysis) is 1. The lowest BCUT2D eigenvalue weighted by molar-refractivity contribution is -0.138. The van der Waals surface area contributed by atoms with Gasteiger partial charge in [0.15, 0.2) is 0 Å². The van der Waals surface area contributed by atoms with E-state index in [1.807, 2.05) is 62.1 Å². The highest BCUT2D eigenvalue weighted by atomic mass is 35.5. The van der Waals surface area contributed by atoms with E-state index in [-0.39, 0.29) is 18.6 Å². The number of nitrogens with one attached hydrogen (secondary N) is 1. The number of halogens is 2. The number of benzene rings is 1. The minimum absolute atomic E-state index is 0.0718. The fourth-order valence-corrected chi connectivity index (χ4v) is 7.03. The maximum Gasteiger partial charge on any atom is 0.407 e. The molecule has 0 bridgehead atoms. The number of amides is 2. The van der Waals surface area contributed by atoms with Crippen LogP contribution in [-0.2, 0) is 16.1 Å². The van der Waals surface area contributed by atoms with Gasteiger partial charge in [-0.05, 0) is 107 Å². The average molecular weight is 726 g/mol. The van der Waals surface area contributed by atoms with Gasteiger partial charge in [0.2, 0.25) is 11.8 Å². The summed E-state index contributed by atoms with van der Waals surface area (Å²) in [5, 5.41) is 13.6.